The Hall–Kier alpha value is -2.91. The number of carbonyl (C=O) groups excluding carboxylic acids is 4. The number of carbonyl (C=O) groups is 6. The summed E-state index contributed by atoms with van der Waals surface area (Å²) in [4.78, 5) is 71.3. The van der Waals surface area contributed by atoms with Gasteiger partial charge in [0.15, 0.2) is 0 Å². The van der Waals surface area contributed by atoms with E-state index >= 15 is 0 Å². The van der Waals surface area contributed by atoms with Crippen molar-refractivity contribution in [2.24, 2.45) is 17.2 Å². The molecule has 0 saturated carbocycles. The lowest BCUT2D eigenvalue weighted by Crippen LogP contribution is -2.57. The van der Waals surface area contributed by atoms with E-state index in [2.05, 4.69) is 16.0 Å². The van der Waals surface area contributed by atoms with Gasteiger partial charge in [-0.25, -0.2) is 4.79 Å². The van der Waals surface area contributed by atoms with Crippen molar-refractivity contribution in [3.63, 3.8) is 0 Å². The summed E-state index contributed by atoms with van der Waals surface area (Å²) >= 11 is 1.40. The van der Waals surface area contributed by atoms with Gasteiger partial charge in [0.25, 0.3) is 0 Å². The molecular weight excluding hydrogens is 472 g/mol. The van der Waals surface area contributed by atoms with Crippen LogP contribution in [0.2, 0.25) is 0 Å². The highest BCUT2D eigenvalue weighted by Gasteiger charge is 2.31. The highest BCUT2D eigenvalue weighted by atomic mass is 32.2. The van der Waals surface area contributed by atoms with Crippen LogP contribution < -0.4 is 33.2 Å². The van der Waals surface area contributed by atoms with Crippen LogP contribution in [0.15, 0.2) is 0 Å². The Balaban J connectivity index is 5.50. The Morgan fingerprint density at radius 3 is 1.88 bits per heavy atom. The van der Waals surface area contributed by atoms with E-state index in [1.807, 2.05) is 0 Å². The summed E-state index contributed by atoms with van der Waals surface area (Å²) in [5.41, 5.74) is 16.1. The minimum Gasteiger partial charge on any atom is -0.481 e. The van der Waals surface area contributed by atoms with E-state index in [1.54, 1.807) is 6.26 Å². The maximum atomic E-state index is 12.8. The van der Waals surface area contributed by atoms with Gasteiger partial charge in [-0.15, -0.1) is 0 Å². The summed E-state index contributed by atoms with van der Waals surface area (Å²) in [7, 11) is 0. The summed E-state index contributed by atoms with van der Waals surface area (Å²) in [6.45, 7) is 0.329. The van der Waals surface area contributed by atoms with Gasteiger partial charge in [-0.3, -0.25) is 24.0 Å². The Morgan fingerprint density at radius 2 is 1.38 bits per heavy atom. The molecule has 11 N–H and O–H groups in total. The third-order valence-corrected chi connectivity index (χ3v) is 5.22. The highest BCUT2D eigenvalue weighted by molar-refractivity contribution is 7.98. The number of amides is 4. The van der Waals surface area contributed by atoms with Crippen LogP contribution in [0.25, 0.3) is 0 Å². The molecule has 0 heterocycles. The molecule has 4 atom stereocenters. The Morgan fingerprint density at radius 1 is 0.824 bits per heavy atom. The van der Waals surface area contributed by atoms with Gasteiger partial charge in [0.2, 0.25) is 23.6 Å². The summed E-state index contributed by atoms with van der Waals surface area (Å²) in [6.07, 6.45) is 1.65. The molecule has 0 aromatic rings. The van der Waals surface area contributed by atoms with Crippen LogP contribution in [0.4, 0.5) is 0 Å². The standard InChI is InChI=1S/C19H34N6O8S/c1-34-7-5-12(19(32)33)24-17(30)11(4-2-3-6-20)23-18(31)13(9-14(22)26)25-16(29)10(21)8-15(27)28/h10-13H,2-9,20-21H2,1H3,(H2,22,26)(H,23,31)(H,24,30)(H,25,29)(H,27,28)(H,32,33). The average molecular weight is 507 g/mol. The zero-order valence-corrected chi connectivity index (χ0v) is 19.8. The predicted molar refractivity (Wildman–Crippen MR) is 123 cm³/mol. The van der Waals surface area contributed by atoms with Gasteiger partial charge in [-0.1, -0.05) is 0 Å². The maximum absolute atomic E-state index is 12.8. The van der Waals surface area contributed by atoms with Gasteiger partial charge in [-0.05, 0) is 44.2 Å². The Kier molecular flexibility index (Phi) is 15.2. The number of hydrogen-bond acceptors (Lipinski definition) is 9. The van der Waals surface area contributed by atoms with Crippen molar-refractivity contribution >= 4 is 47.3 Å². The topological polar surface area (TPSA) is 257 Å². The first-order chi connectivity index (χ1) is 15.9. The van der Waals surface area contributed by atoms with E-state index in [0.717, 1.165) is 0 Å². The lowest BCUT2D eigenvalue weighted by Gasteiger charge is -2.24. The van der Waals surface area contributed by atoms with E-state index in [9.17, 15) is 33.9 Å². The molecule has 194 valence electrons. The molecule has 4 amide bonds. The second kappa shape index (κ2) is 16.7. The zero-order chi connectivity index (χ0) is 26.3. The molecule has 0 spiro atoms. The monoisotopic (exact) mass is 506 g/mol. The number of primary amides is 1. The fraction of sp³-hybridized carbons (Fsp3) is 0.684. The van der Waals surface area contributed by atoms with Gasteiger partial charge < -0.3 is 43.4 Å². The third-order valence-electron chi connectivity index (χ3n) is 4.57. The fourth-order valence-corrected chi connectivity index (χ4v) is 3.24. The van der Waals surface area contributed by atoms with Crippen LogP contribution in [0.3, 0.4) is 0 Å². The van der Waals surface area contributed by atoms with E-state index in [4.69, 9.17) is 22.3 Å². The molecule has 0 aromatic carbocycles. The van der Waals surface area contributed by atoms with Crippen LogP contribution in [0.1, 0.15) is 38.5 Å². The SMILES string of the molecule is CSCCC(NC(=O)C(CCCCN)NC(=O)C(CC(N)=O)NC(=O)C(N)CC(=O)O)C(=O)O. The molecule has 34 heavy (non-hydrogen) atoms. The number of thioether (sulfide) groups is 1. The summed E-state index contributed by atoms with van der Waals surface area (Å²) in [5.74, 6) is -5.75. The zero-order valence-electron chi connectivity index (χ0n) is 19.0. The predicted octanol–water partition coefficient (Wildman–Crippen LogP) is -2.92. The molecule has 0 bridgehead atoms. The summed E-state index contributed by atoms with van der Waals surface area (Å²) in [6, 6.07) is -5.38. The smallest absolute Gasteiger partial charge is 0.326 e. The molecule has 0 aliphatic heterocycles. The summed E-state index contributed by atoms with van der Waals surface area (Å²) < 4.78 is 0. The van der Waals surface area contributed by atoms with Crippen LogP contribution in [-0.2, 0) is 28.8 Å². The number of rotatable bonds is 18. The third kappa shape index (κ3) is 13.0. The fourth-order valence-electron chi connectivity index (χ4n) is 2.77. The number of carboxylic acids is 2. The van der Waals surface area contributed by atoms with Crippen LogP contribution in [0.5, 0.6) is 0 Å². The van der Waals surface area contributed by atoms with E-state index < -0.39 is 72.6 Å². The number of hydrogen-bond donors (Lipinski definition) is 8. The molecule has 0 aliphatic carbocycles. The van der Waals surface area contributed by atoms with Gasteiger partial charge in [-0.2, -0.15) is 11.8 Å². The van der Waals surface area contributed by atoms with Crippen LogP contribution >= 0.6 is 11.8 Å². The van der Waals surface area contributed by atoms with E-state index in [1.165, 1.54) is 11.8 Å². The first-order valence-corrected chi connectivity index (χ1v) is 11.9. The van der Waals surface area contributed by atoms with Crippen LogP contribution in [0, 0.1) is 0 Å². The van der Waals surface area contributed by atoms with Gasteiger partial charge in [0.05, 0.1) is 18.9 Å². The van der Waals surface area contributed by atoms with Crippen molar-refractivity contribution in [2.75, 3.05) is 18.6 Å². The highest BCUT2D eigenvalue weighted by Crippen LogP contribution is 2.06. The molecule has 0 rings (SSSR count). The molecule has 0 fully saturated rings. The molecular formula is C19H34N6O8S. The number of nitrogens with two attached hydrogens (primary N) is 3. The van der Waals surface area contributed by atoms with Crippen molar-refractivity contribution < 1.29 is 39.0 Å². The Labute approximate surface area is 201 Å². The number of carboxylic acid groups (broad SMARTS) is 2. The summed E-state index contributed by atoms with van der Waals surface area (Å²) in [5, 5.41) is 25.0. The second-order valence-corrected chi connectivity index (χ2v) is 8.45. The van der Waals surface area contributed by atoms with E-state index in [0.29, 0.717) is 25.1 Å². The molecule has 4 unspecified atom stereocenters. The van der Waals surface area contributed by atoms with Gasteiger partial charge >= 0.3 is 11.9 Å². The second-order valence-electron chi connectivity index (χ2n) is 7.46. The van der Waals surface area contributed by atoms with Crippen LogP contribution in [-0.4, -0.2) is 88.5 Å². The van der Waals surface area contributed by atoms with E-state index in [-0.39, 0.29) is 12.8 Å². The largest absolute Gasteiger partial charge is 0.481 e. The molecule has 0 aromatic heterocycles. The van der Waals surface area contributed by atoms with Crippen molar-refractivity contribution in [1.82, 2.24) is 16.0 Å². The lowest BCUT2D eigenvalue weighted by atomic mass is 10.1. The molecule has 15 heteroatoms. The van der Waals surface area contributed by atoms with Gasteiger partial charge in [0.1, 0.15) is 18.1 Å². The minimum atomic E-state index is -1.53. The quantitative estimate of drug-likeness (QED) is 0.0873. The number of nitrogens with one attached hydrogen (secondary N) is 3. The molecule has 0 radical (unpaired) electrons. The van der Waals surface area contributed by atoms with Gasteiger partial charge in [0, 0.05) is 0 Å². The minimum absolute atomic E-state index is 0.111. The average Bonchev–Trinajstić information content (AvgIpc) is 2.74. The lowest BCUT2D eigenvalue weighted by molar-refractivity contribution is -0.142. The number of unbranched alkanes of at least 4 members (excludes halogenated alkanes) is 1. The van der Waals surface area contributed by atoms with Crippen molar-refractivity contribution in [2.45, 2.75) is 62.7 Å². The first kappa shape index (κ1) is 31.1. The van der Waals surface area contributed by atoms with Crippen molar-refractivity contribution in [1.29, 1.82) is 0 Å². The Bertz CT molecular complexity index is 738. The molecule has 14 nitrogen and oxygen atoms in total. The van der Waals surface area contributed by atoms with Crippen molar-refractivity contribution in [3.05, 3.63) is 0 Å². The first-order valence-electron chi connectivity index (χ1n) is 10.5. The number of aliphatic carboxylic acids is 2. The maximum Gasteiger partial charge on any atom is 0.326 e. The normalized spacial score (nSPS) is 14.2. The molecule has 0 aliphatic rings. The van der Waals surface area contributed by atoms with Crippen molar-refractivity contribution in [3.8, 4) is 0 Å². The molecule has 0 saturated heterocycles.